The molecule has 110 valence electrons. The Bertz CT molecular complexity index is 638. The molecule has 2 atom stereocenters. The van der Waals surface area contributed by atoms with Gasteiger partial charge in [0.15, 0.2) is 5.82 Å². The van der Waals surface area contributed by atoms with Crippen molar-refractivity contribution in [2.24, 2.45) is 10.9 Å². The quantitative estimate of drug-likeness (QED) is 0.860. The highest BCUT2D eigenvalue weighted by Gasteiger charge is 2.28. The summed E-state index contributed by atoms with van der Waals surface area (Å²) < 4.78 is 19.3. The maximum Gasteiger partial charge on any atom is 0.221 e. The van der Waals surface area contributed by atoms with Crippen LogP contribution in [0.15, 0.2) is 22.4 Å². The lowest BCUT2D eigenvalue weighted by atomic mass is 9.94. The number of methoxy groups -OCH3 is 1. The van der Waals surface area contributed by atoms with Gasteiger partial charge in [0.1, 0.15) is 12.5 Å². The average molecular weight is 309 g/mol. The van der Waals surface area contributed by atoms with E-state index in [2.05, 4.69) is 15.0 Å². The van der Waals surface area contributed by atoms with Crippen LogP contribution < -0.4 is 4.74 Å². The first-order valence-electron chi connectivity index (χ1n) is 6.48. The molecule has 0 aromatic carbocycles. The molecule has 2 rings (SSSR count). The van der Waals surface area contributed by atoms with Crippen molar-refractivity contribution in [3.05, 3.63) is 23.0 Å². The van der Waals surface area contributed by atoms with Gasteiger partial charge in [-0.2, -0.15) is 5.26 Å². The summed E-state index contributed by atoms with van der Waals surface area (Å²) in [5.74, 6) is 0.217. The summed E-state index contributed by atoms with van der Waals surface area (Å²) in [6, 6.07) is 1.99. The summed E-state index contributed by atoms with van der Waals surface area (Å²) in [5.41, 5.74) is 0.783. The number of halogens is 2. The molecular formula is C14H14ClFN4O. The van der Waals surface area contributed by atoms with Crippen molar-refractivity contribution in [1.82, 2.24) is 9.97 Å². The molecule has 0 saturated carbocycles. The molecule has 0 aliphatic heterocycles. The second-order valence-corrected chi connectivity index (χ2v) is 4.90. The third kappa shape index (κ3) is 3.19. The van der Waals surface area contributed by atoms with Gasteiger partial charge in [-0.3, -0.25) is 0 Å². The summed E-state index contributed by atoms with van der Waals surface area (Å²) in [7, 11) is 1.50. The third-order valence-corrected chi connectivity index (χ3v) is 3.49. The van der Waals surface area contributed by atoms with Gasteiger partial charge in [0.05, 0.1) is 35.4 Å². The third-order valence-electron chi connectivity index (χ3n) is 3.17. The molecule has 2 unspecified atom stereocenters. The van der Waals surface area contributed by atoms with Gasteiger partial charge in [-0.25, -0.2) is 19.4 Å². The Morgan fingerprint density at radius 3 is 2.90 bits per heavy atom. The highest BCUT2D eigenvalue weighted by molar-refractivity contribution is 6.44. The Morgan fingerprint density at radius 1 is 1.57 bits per heavy atom. The lowest BCUT2D eigenvalue weighted by Gasteiger charge is -2.19. The van der Waals surface area contributed by atoms with Crippen molar-refractivity contribution in [2.75, 3.05) is 7.11 Å². The maximum atomic E-state index is 14.2. The second-order valence-electron chi connectivity index (χ2n) is 4.49. The Morgan fingerprint density at radius 2 is 2.33 bits per heavy atom. The minimum atomic E-state index is -1.39. The van der Waals surface area contributed by atoms with Gasteiger partial charge in [-0.1, -0.05) is 18.5 Å². The van der Waals surface area contributed by atoms with Crippen molar-refractivity contribution in [3.63, 3.8) is 0 Å². The normalized spacial score (nSPS) is 23.6. The van der Waals surface area contributed by atoms with E-state index in [4.69, 9.17) is 21.6 Å². The predicted molar refractivity (Wildman–Crippen MR) is 77.6 cm³/mol. The van der Waals surface area contributed by atoms with Crippen molar-refractivity contribution in [2.45, 2.75) is 25.9 Å². The summed E-state index contributed by atoms with van der Waals surface area (Å²) in [6.45, 7) is 1.90. The SMILES string of the molecule is CCc1c(N=C2C(Cl)=CC(C#N)CC2F)ncnc1OC. The van der Waals surface area contributed by atoms with Crippen LogP contribution in [-0.2, 0) is 6.42 Å². The number of nitriles is 1. The number of hydrogen-bond donors (Lipinski definition) is 0. The number of allylic oxidation sites excluding steroid dienone is 2. The Labute approximate surface area is 127 Å². The summed E-state index contributed by atoms with van der Waals surface area (Å²) in [4.78, 5) is 12.3. The topological polar surface area (TPSA) is 71.2 Å². The molecule has 0 amide bonds. The fraction of sp³-hybridized carbons (Fsp3) is 0.429. The van der Waals surface area contributed by atoms with Crippen molar-refractivity contribution in [1.29, 1.82) is 5.26 Å². The molecule has 0 bridgehead atoms. The zero-order valence-electron chi connectivity index (χ0n) is 11.7. The van der Waals surface area contributed by atoms with Gasteiger partial charge >= 0.3 is 0 Å². The zero-order valence-corrected chi connectivity index (χ0v) is 12.4. The van der Waals surface area contributed by atoms with Crippen LogP contribution in [0.25, 0.3) is 0 Å². The molecule has 0 radical (unpaired) electrons. The predicted octanol–water partition coefficient (Wildman–Crippen LogP) is 3.12. The molecule has 0 spiro atoms. The van der Waals surface area contributed by atoms with Crippen LogP contribution in [-0.4, -0.2) is 29.0 Å². The fourth-order valence-corrected chi connectivity index (χ4v) is 2.42. The number of alkyl halides is 1. The molecule has 1 heterocycles. The van der Waals surface area contributed by atoms with E-state index in [0.29, 0.717) is 23.7 Å². The minimum Gasteiger partial charge on any atom is -0.481 e. The summed E-state index contributed by atoms with van der Waals surface area (Å²) in [5, 5.41) is 9.01. The molecule has 5 nitrogen and oxygen atoms in total. The van der Waals surface area contributed by atoms with Crippen molar-refractivity contribution < 1.29 is 9.13 Å². The monoisotopic (exact) mass is 308 g/mol. The maximum absolute atomic E-state index is 14.2. The first kappa shape index (κ1) is 15.4. The van der Waals surface area contributed by atoms with Gasteiger partial charge in [-0.05, 0) is 12.5 Å². The molecule has 0 N–H and O–H groups in total. The Kier molecular flexibility index (Phi) is 4.86. The number of aliphatic imine (C=N–C) groups is 1. The molecule has 1 aromatic rings. The van der Waals surface area contributed by atoms with E-state index in [1.54, 1.807) is 0 Å². The van der Waals surface area contributed by atoms with E-state index >= 15 is 0 Å². The van der Waals surface area contributed by atoms with E-state index < -0.39 is 12.1 Å². The Hall–Kier alpha value is -2.00. The van der Waals surface area contributed by atoms with Crippen molar-refractivity contribution >= 4 is 23.1 Å². The number of ether oxygens (including phenoxy) is 1. The lowest BCUT2D eigenvalue weighted by molar-refractivity contribution is 0.380. The first-order chi connectivity index (χ1) is 10.1. The minimum absolute atomic E-state index is 0.0508. The second kappa shape index (κ2) is 6.64. The van der Waals surface area contributed by atoms with Gasteiger partial charge < -0.3 is 4.74 Å². The van der Waals surface area contributed by atoms with Crippen molar-refractivity contribution in [3.8, 4) is 11.9 Å². The van der Waals surface area contributed by atoms with Gasteiger partial charge in [0, 0.05) is 6.42 Å². The van der Waals surface area contributed by atoms with E-state index in [0.717, 1.165) is 0 Å². The van der Waals surface area contributed by atoms with Crippen LogP contribution in [0.2, 0.25) is 0 Å². The number of hydrogen-bond acceptors (Lipinski definition) is 5. The van der Waals surface area contributed by atoms with Gasteiger partial charge in [0.25, 0.3) is 0 Å². The molecule has 1 aliphatic carbocycles. The van der Waals surface area contributed by atoms with E-state index in [9.17, 15) is 4.39 Å². The van der Waals surface area contributed by atoms with Crippen LogP contribution in [0.4, 0.5) is 10.2 Å². The molecule has 1 aromatic heterocycles. The highest BCUT2D eigenvalue weighted by Crippen LogP contribution is 2.30. The number of aromatic nitrogens is 2. The van der Waals surface area contributed by atoms with E-state index in [-0.39, 0.29) is 17.2 Å². The standard InChI is InChI=1S/C14H14ClFN4O/c1-3-9-13(18-7-19-14(9)21-2)20-12-10(15)4-8(6-17)5-11(12)16/h4,7-8,11H,3,5H2,1-2H3. The zero-order chi connectivity index (χ0) is 15.4. The largest absolute Gasteiger partial charge is 0.481 e. The summed E-state index contributed by atoms with van der Waals surface area (Å²) >= 11 is 6.03. The molecule has 0 fully saturated rings. The highest BCUT2D eigenvalue weighted by atomic mass is 35.5. The van der Waals surface area contributed by atoms with Crippen LogP contribution in [0, 0.1) is 17.2 Å². The fourth-order valence-electron chi connectivity index (χ4n) is 2.11. The first-order valence-corrected chi connectivity index (χ1v) is 6.86. The number of nitrogens with zero attached hydrogens (tertiary/aromatic N) is 4. The van der Waals surface area contributed by atoms with Gasteiger partial charge in [0.2, 0.25) is 5.88 Å². The van der Waals surface area contributed by atoms with E-state index in [1.807, 2.05) is 13.0 Å². The van der Waals surface area contributed by atoms with Crippen LogP contribution in [0.3, 0.4) is 0 Å². The van der Waals surface area contributed by atoms with Crippen LogP contribution in [0.1, 0.15) is 18.9 Å². The molecule has 21 heavy (non-hydrogen) atoms. The van der Waals surface area contributed by atoms with Crippen LogP contribution >= 0.6 is 11.6 Å². The number of rotatable bonds is 3. The van der Waals surface area contributed by atoms with E-state index in [1.165, 1.54) is 19.5 Å². The summed E-state index contributed by atoms with van der Waals surface area (Å²) in [6.07, 6.45) is 2.08. The molecule has 1 aliphatic rings. The molecule has 7 heteroatoms. The van der Waals surface area contributed by atoms with Crippen LogP contribution in [0.5, 0.6) is 5.88 Å². The lowest BCUT2D eigenvalue weighted by Crippen LogP contribution is -2.24. The molecular weight excluding hydrogens is 295 g/mol. The average Bonchev–Trinajstić information content (AvgIpc) is 2.50. The molecule has 0 saturated heterocycles. The van der Waals surface area contributed by atoms with Gasteiger partial charge in [-0.15, -0.1) is 0 Å². The Balaban J connectivity index is 2.47. The smallest absolute Gasteiger partial charge is 0.221 e.